The van der Waals surface area contributed by atoms with E-state index in [4.69, 9.17) is 4.74 Å². The van der Waals surface area contributed by atoms with Crippen LogP contribution < -0.4 is 14.8 Å². The van der Waals surface area contributed by atoms with E-state index in [1.165, 1.54) is 47.7 Å². The quantitative estimate of drug-likeness (QED) is 0.419. The summed E-state index contributed by atoms with van der Waals surface area (Å²) in [6.45, 7) is 4.19. The molecule has 0 fully saturated rings. The van der Waals surface area contributed by atoms with Gasteiger partial charge in [-0.05, 0) is 55.8 Å². The molecule has 0 saturated carbocycles. The second kappa shape index (κ2) is 10.7. The van der Waals surface area contributed by atoms with Gasteiger partial charge in [-0.15, -0.1) is 11.3 Å². The Bertz CT molecular complexity index is 1180. The fraction of sp³-hybridized carbons (Fsp3) is 0.273. The molecule has 1 amide bonds. The van der Waals surface area contributed by atoms with Crippen molar-refractivity contribution in [2.45, 2.75) is 38.2 Å². The van der Waals surface area contributed by atoms with Gasteiger partial charge in [-0.1, -0.05) is 19.4 Å². The lowest BCUT2D eigenvalue weighted by Gasteiger charge is -2.09. The highest BCUT2D eigenvalue weighted by Gasteiger charge is 2.18. The number of hydrogen-bond donors (Lipinski definition) is 2. The van der Waals surface area contributed by atoms with Gasteiger partial charge >= 0.3 is 0 Å². The fourth-order valence-electron chi connectivity index (χ4n) is 2.80. The molecule has 170 valence electrons. The van der Waals surface area contributed by atoms with Gasteiger partial charge in [0, 0.05) is 12.2 Å². The summed E-state index contributed by atoms with van der Waals surface area (Å²) < 4.78 is 45.9. The number of rotatable bonds is 10. The van der Waals surface area contributed by atoms with E-state index in [-0.39, 0.29) is 23.2 Å². The molecule has 3 aromatic rings. The minimum absolute atomic E-state index is 0.0841. The van der Waals surface area contributed by atoms with Crippen molar-refractivity contribution in [2.75, 3.05) is 11.9 Å². The number of benzene rings is 2. The molecule has 0 spiro atoms. The molecule has 2 aromatic carbocycles. The van der Waals surface area contributed by atoms with Crippen molar-refractivity contribution in [1.29, 1.82) is 0 Å². The zero-order valence-electron chi connectivity index (χ0n) is 17.7. The first-order valence-corrected chi connectivity index (χ1v) is 12.3. The average molecular weight is 478 g/mol. The molecular formula is C22H24FN3O4S2. The van der Waals surface area contributed by atoms with Crippen LogP contribution in [0.2, 0.25) is 0 Å². The predicted octanol–water partition coefficient (Wildman–Crippen LogP) is 4.50. The Kier molecular flexibility index (Phi) is 7.94. The molecule has 32 heavy (non-hydrogen) atoms. The standard InChI is InChI=1S/C22H24FN3O4S2/c1-3-4-12-24-32(28,29)19-7-5-6-17(13-19)26-22(27)21-15(2)25-20(31-21)14-30-18-10-8-16(23)9-11-18/h5-11,13,24H,3-4,12,14H2,1-2H3,(H,26,27). The van der Waals surface area contributed by atoms with E-state index in [2.05, 4.69) is 15.0 Å². The number of thiazole rings is 1. The number of unbranched alkanes of at least 4 members (excludes halogenated alkanes) is 1. The smallest absolute Gasteiger partial charge is 0.267 e. The summed E-state index contributed by atoms with van der Waals surface area (Å²) in [5.74, 6) is -0.243. The number of carbonyl (C=O) groups is 1. The molecule has 0 radical (unpaired) electrons. The molecule has 0 aliphatic carbocycles. The number of amides is 1. The van der Waals surface area contributed by atoms with E-state index >= 15 is 0 Å². The topological polar surface area (TPSA) is 97.4 Å². The Balaban J connectivity index is 1.66. The highest BCUT2D eigenvalue weighted by Crippen LogP contribution is 2.23. The van der Waals surface area contributed by atoms with Crippen LogP contribution in [-0.4, -0.2) is 25.9 Å². The number of halogens is 1. The van der Waals surface area contributed by atoms with Crippen LogP contribution in [0.5, 0.6) is 5.75 Å². The van der Waals surface area contributed by atoms with E-state index in [0.29, 0.717) is 33.6 Å². The van der Waals surface area contributed by atoms with Crippen molar-refractivity contribution in [3.63, 3.8) is 0 Å². The summed E-state index contributed by atoms with van der Waals surface area (Å²) in [6.07, 6.45) is 1.62. The van der Waals surface area contributed by atoms with Crippen LogP contribution in [-0.2, 0) is 16.6 Å². The van der Waals surface area contributed by atoms with Gasteiger partial charge in [0.1, 0.15) is 28.1 Å². The number of ether oxygens (including phenoxy) is 1. The number of aromatic nitrogens is 1. The first-order chi connectivity index (χ1) is 15.3. The summed E-state index contributed by atoms with van der Waals surface area (Å²) >= 11 is 1.18. The number of anilines is 1. The first-order valence-electron chi connectivity index (χ1n) is 10.0. The van der Waals surface area contributed by atoms with Crippen molar-refractivity contribution in [3.05, 3.63) is 69.9 Å². The number of nitrogens with zero attached hydrogens (tertiary/aromatic N) is 1. The average Bonchev–Trinajstić information content (AvgIpc) is 3.14. The van der Waals surface area contributed by atoms with Crippen molar-refractivity contribution in [3.8, 4) is 5.75 Å². The minimum atomic E-state index is -3.65. The Morgan fingerprint density at radius 1 is 1.19 bits per heavy atom. The SMILES string of the molecule is CCCCNS(=O)(=O)c1cccc(NC(=O)c2sc(COc3ccc(F)cc3)nc2C)c1. The Labute approximate surface area is 190 Å². The predicted molar refractivity (Wildman–Crippen MR) is 122 cm³/mol. The molecule has 2 N–H and O–H groups in total. The van der Waals surface area contributed by atoms with Crippen LogP contribution in [0.3, 0.4) is 0 Å². The number of sulfonamides is 1. The molecule has 10 heteroatoms. The van der Waals surface area contributed by atoms with Crippen molar-refractivity contribution in [2.24, 2.45) is 0 Å². The fourth-order valence-corrected chi connectivity index (χ4v) is 4.79. The van der Waals surface area contributed by atoms with Gasteiger partial charge in [0.05, 0.1) is 10.6 Å². The number of hydrogen-bond acceptors (Lipinski definition) is 6. The monoisotopic (exact) mass is 477 g/mol. The van der Waals surface area contributed by atoms with Crippen LogP contribution in [0.15, 0.2) is 53.4 Å². The number of nitrogens with one attached hydrogen (secondary N) is 2. The maximum Gasteiger partial charge on any atom is 0.267 e. The first kappa shape index (κ1) is 23.8. The second-order valence-electron chi connectivity index (χ2n) is 7.00. The molecule has 7 nitrogen and oxygen atoms in total. The van der Waals surface area contributed by atoms with Gasteiger partial charge in [0.25, 0.3) is 5.91 Å². The molecule has 0 aliphatic rings. The third-order valence-corrected chi connectivity index (χ3v) is 7.04. The molecule has 3 rings (SSSR count). The van der Waals surface area contributed by atoms with Crippen LogP contribution >= 0.6 is 11.3 Å². The summed E-state index contributed by atoms with van der Waals surface area (Å²) in [5.41, 5.74) is 0.903. The zero-order valence-corrected chi connectivity index (χ0v) is 19.4. The van der Waals surface area contributed by atoms with Crippen LogP contribution in [0.4, 0.5) is 10.1 Å². The molecule has 0 aliphatic heterocycles. The summed E-state index contributed by atoms with van der Waals surface area (Å²) in [4.78, 5) is 17.6. The van der Waals surface area contributed by atoms with Crippen molar-refractivity contribution in [1.82, 2.24) is 9.71 Å². The summed E-state index contributed by atoms with van der Waals surface area (Å²) in [7, 11) is -3.65. The molecule has 0 unspecified atom stereocenters. The van der Waals surface area contributed by atoms with Gasteiger partial charge in [-0.2, -0.15) is 0 Å². The van der Waals surface area contributed by atoms with E-state index < -0.39 is 10.0 Å². The van der Waals surface area contributed by atoms with E-state index in [1.54, 1.807) is 19.1 Å². The van der Waals surface area contributed by atoms with Gasteiger partial charge < -0.3 is 10.1 Å². The third kappa shape index (κ3) is 6.35. The summed E-state index contributed by atoms with van der Waals surface area (Å²) in [6, 6.07) is 11.7. The molecule has 0 bridgehead atoms. The second-order valence-corrected chi connectivity index (χ2v) is 9.85. The van der Waals surface area contributed by atoms with Crippen LogP contribution in [0, 0.1) is 12.7 Å². The van der Waals surface area contributed by atoms with Crippen molar-refractivity contribution >= 4 is 33.0 Å². The molecular weight excluding hydrogens is 453 g/mol. The van der Waals surface area contributed by atoms with Crippen LogP contribution in [0.1, 0.15) is 40.1 Å². The zero-order chi connectivity index (χ0) is 23.1. The van der Waals surface area contributed by atoms with Gasteiger partial charge in [-0.3, -0.25) is 4.79 Å². The summed E-state index contributed by atoms with van der Waals surface area (Å²) in [5, 5.41) is 3.32. The van der Waals surface area contributed by atoms with Crippen molar-refractivity contribution < 1.29 is 22.3 Å². The minimum Gasteiger partial charge on any atom is -0.486 e. The molecule has 0 saturated heterocycles. The van der Waals surface area contributed by atoms with E-state index in [0.717, 1.165) is 12.8 Å². The lowest BCUT2D eigenvalue weighted by atomic mass is 10.3. The largest absolute Gasteiger partial charge is 0.486 e. The normalized spacial score (nSPS) is 11.3. The van der Waals surface area contributed by atoms with E-state index in [1.807, 2.05) is 6.92 Å². The van der Waals surface area contributed by atoms with Gasteiger partial charge in [-0.25, -0.2) is 22.5 Å². The molecule has 1 heterocycles. The van der Waals surface area contributed by atoms with E-state index in [9.17, 15) is 17.6 Å². The lowest BCUT2D eigenvalue weighted by molar-refractivity contribution is 0.102. The van der Waals surface area contributed by atoms with Crippen LogP contribution in [0.25, 0.3) is 0 Å². The number of carbonyl (C=O) groups excluding carboxylic acids is 1. The number of aryl methyl sites for hydroxylation is 1. The highest BCUT2D eigenvalue weighted by atomic mass is 32.2. The Morgan fingerprint density at radius 2 is 1.94 bits per heavy atom. The maximum atomic E-state index is 13.0. The third-order valence-electron chi connectivity index (χ3n) is 4.45. The Hall–Kier alpha value is -2.82. The lowest BCUT2D eigenvalue weighted by Crippen LogP contribution is -2.24. The highest BCUT2D eigenvalue weighted by molar-refractivity contribution is 7.89. The molecule has 0 atom stereocenters. The Morgan fingerprint density at radius 3 is 2.66 bits per heavy atom. The van der Waals surface area contributed by atoms with Gasteiger partial charge in [0.2, 0.25) is 10.0 Å². The molecule has 1 aromatic heterocycles. The van der Waals surface area contributed by atoms with Gasteiger partial charge in [0.15, 0.2) is 0 Å². The maximum absolute atomic E-state index is 13.0.